The molecule has 2 rings (SSSR count). The van der Waals surface area contributed by atoms with Crippen LogP contribution in [-0.4, -0.2) is 16.0 Å². The SMILES string of the molecule is CC(Nc1ncncc1Br)C1CCC1. The number of anilines is 1. The lowest BCUT2D eigenvalue weighted by molar-refractivity contribution is 0.285. The summed E-state index contributed by atoms with van der Waals surface area (Å²) in [7, 11) is 0. The van der Waals surface area contributed by atoms with Crippen LogP contribution in [0, 0.1) is 5.92 Å². The molecule has 14 heavy (non-hydrogen) atoms. The van der Waals surface area contributed by atoms with E-state index in [4.69, 9.17) is 0 Å². The van der Waals surface area contributed by atoms with Crippen molar-refractivity contribution >= 4 is 21.7 Å². The summed E-state index contributed by atoms with van der Waals surface area (Å²) < 4.78 is 0.936. The summed E-state index contributed by atoms with van der Waals surface area (Å²) in [4.78, 5) is 8.12. The molecule has 1 N–H and O–H groups in total. The van der Waals surface area contributed by atoms with Gasteiger partial charge in [-0.25, -0.2) is 9.97 Å². The molecule has 0 amide bonds. The molecule has 1 aromatic heterocycles. The number of nitrogens with one attached hydrogen (secondary N) is 1. The predicted octanol–water partition coefficient (Wildman–Crippen LogP) is 2.84. The molecule has 0 spiro atoms. The van der Waals surface area contributed by atoms with Gasteiger partial charge in [-0.1, -0.05) is 6.42 Å². The van der Waals surface area contributed by atoms with Gasteiger partial charge in [0.05, 0.1) is 4.47 Å². The molecule has 1 aliphatic rings. The van der Waals surface area contributed by atoms with Gasteiger partial charge in [0.15, 0.2) is 0 Å². The second-order valence-corrected chi connectivity index (χ2v) is 4.70. The highest BCUT2D eigenvalue weighted by molar-refractivity contribution is 9.10. The maximum absolute atomic E-state index is 4.19. The van der Waals surface area contributed by atoms with E-state index in [0.717, 1.165) is 16.2 Å². The molecule has 1 fully saturated rings. The van der Waals surface area contributed by atoms with Crippen LogP contribution in [0.25, 0.3) is 0 Å². The first-order valence-corrected chi connectivity index (χ1v) is 5.78. The van der Waals surface area contributed by atoms with E-state index in [1.807, 2.05) is 0 Å². The normalized spacial score (nSPS) is 18.7. The summed E-state index contributed by atoms with van der Waals surface area (Å²) in [6.07, 6.45) is 7.40. The maximum Gasteiger partial charge on any atom is 0.143 e. The second kappa shape index (κ2) is 4.26. The van der Waals surface area contributed by atoms with Crippen LogP contribution in [-0.2, 0) is 0 Å². The summed E-state index contributed by atoms with van der Waals surface area (Å²) in [6, 6.07) is 0.509. The van der Waals surface area contributed by atoms with Crippen LogP contribution in [0.2, 0.25) is 0 Å². The van der Waals surface area contributed by atoms with E-state index in [1.165, 1.54) is 19.3 Å². The van der Waals surface area contributed by atoms with Crippen molar-refractivity contribution in [3.05, 3.63) is 17.0 Å². The Morgan fingerprint density at radius 3 is 2.93 bits per heavy atom. The van der Waals surface area contributed by atoms with E-state index in [1.54, 1.807) is 12.5 Å². The van der Waals surface area contributed by atoms with Crippen molar-refractivity contribution < 1.29 is 0 Å². The Morgan fingerprint density at radius 2 is 2.36 bits per heavy atom. The molecule has 1 atom stereocenters. The number of hydrogen-bond donors (Lipinski definition) is 1. The first-order valence-electron chi connectivity index (χ1n) is 4.99. The van der Waals surface area contributed by atoms with Gasteiger partial charge in [-0.15, -0.1) is 0 Å². The zero-order valence-electron chi connectivity index (χ0n) is 8.20. The fourth-order valence-corrected chi connectivity index (χ4v) is 2.03. The van der Waals surface area contributed by atoms with Crippen molar-refractivity contribution in [3.8, 4) is 0 Å². The molecule has 3 nitrogen and oxygen atoms in total. The largest absolute Gasteiger partial charge is 0.366 e. The molecule has 0 saturated heterocycles. The van der Waals surface area contributed by atoms with Crippen LogP contribution in [0.4, 0.5) is 5.82 Å². The standard InChI is InChI=1S/C10H14BrN3/c1-7(8-3-2-4-8)14-10-9(11)5-12-6-13-10/h5-8H,2-4H2,1H3,(H,12,13,14). The number of rotatable bonds is 3. The van der Waals surface area contributed by atoms with Crippen molar-refractivity contribution in [1.29, 1.82) is 0 Å². The fourth-order valence-electron chi connectivity index (χ4n) is 1.69. The second-order valence-electron chi connectivity index (χ2n) is 3.84. The molecule has 0 aromatic carbocycles. The van der Waals surface area contributed by atoms with E-state index < -0.39 is 0 Å². The first kappa shape index (κ1) is 9.90. The monoisotopic (exact) mass is 255 g/mol. The van der Waals surface area contributed by atoms with Gasteiger partial charge in [-0.3, -0.25) is 0 Å². The first-order chi connectivity index (χ1) is 6.77. The zero-order chi connectivity index (χ0) is 9.97. The quantitative estimate of drug-likeness (QED) is 0.903. The van der Waals surface area contributed by atoms with Gasteiger partial charge in [0.2, 0.25) is 0 Å². The zero-order valence-corrected chi connectivity index (χ0v) is 9.79. The van der Waals surface area contributed by atoms with E-state index in [2.05, 4.69) is 38.1 Å². The highest BCUT2D eigenvalue weighted by atomic mass is 79.9. The number of halogens is 1. The van der Waals surface area contributed by atoms with Crippen LogP contribution >= 0.6 is 15.9 Å². The van der Waals surface area contributed by atoms with Gasteiger partial charge in [0, 0.05) is 12.2 Å². The molecule has 4 heteroatoms. The molecule has 1 aromatic rings. The minimum Gasteiger partial charge on any atom is -0.366 e. The van der Waals surface area contributed by atoms with Crippen LogP contribution in [0.15, 0.2) is 17.0 Å². The molecule has 1 heterocycles. The summed E-state index contributed by atoms with van der Waals surface area (Å²) in [5.41, 5.74) is 0. The summed E-state index contributed by atoms with van der Waals surface area (Å²) in [6.45, 7) is 2.22. The minimum absolute atomic E-state index is 0.509. The van der Waals surface area contributed by atoms with E-state index in [-0.39, 0.29) is 0 Å². The van der Waals surface area contributed by atoms with E-state index >= 15 is 0 Å². The minimum atomic E-state index is 0.509. The third-order valence-electron chi connectivity index (χ3n) is 2.89. The van der Waals surface area contributed by atoms with E-state index in [9.17, 15) is 0 Å². The molecule has 0 aliphatic heterocycles. The summed E-state index contributed by atoms with van der Waals surface area (Å²) in [5.74, 6) is 1.72. The van der Waals surface area contributed by atoms with Gasteiger partial charge < -0.3 is 5.32 Å². The van der Waals surface area contributed by atoms with Crippen molar-refractivity contribution in [1.82, 2.24) is 9.97 Å². The molecule has 0 bridgehead atoms. The third-order valence-corrected chi connectivity index (χ3v) is 3.47. The van der Waals surface area contributed by atoms with Gasteiger partial charge >= 0.3 is 0 Å². The average Bonchev–Trinajstić information content (AvgIpc) is 2.05. The van der Waals surface area contributed by atoms with Crippen LogP contribution < -0.4 is 5.32 Å². The topological polar surface area (TPSA) is 37.8 Å². The Bertz CT molecular complexity index is 312. The molecule has 0 radical (unpaired) electrons. The molecule has 1 saturated carbocycles. The highest BCUT2D eigenvalue weighted by Gasteiger charge is 2.24. The predicted molar refractivity (Wildman–Crippen MR) is 60.2 cm³/mol. The van der Waals surface area contributed by atoms with Crippen LogP contribution in [0.3, 0.4) is 0 Å². The average molecular weight is 256 g/mol. The van der Waals surface area contributed by atoms with Crippen LogP contribution in [0.1, 0.15) is 26.2 Å². The third kappa shape index (κ3) is 2.05. The fraction of sp³-hybridized carbons (Fsp3) is 0.600. The van der Waals surface area contributed by atoms with Gasteiger partial charge in [-0.2, -0.15) is 0 Å². The smallest absolute Gasteiger partial charge is 0.143 e. The number of hydrogen-bond acceptors (Lipinski definition) is 3. The van der Waals surface area contributed by atoms with Crippen LogP contribution in [0.5, 0.6) is 0 Å². The Balaban J connectivity index is 1.99. The van der Waals surface area contributed by atoms with E-state index in [0.29, 0.717) is 6.04 Å². The Hall–Kier alpha value is -0.640. The molecule has 1 aliphatic carbocycles. The number of nitrogens with zero attached hydrogens (tertiary/aromatic N) is 2. The van der Waals surface area contributed by atoms with Crippen molar-refractivity contribution in [3.63, 3.8) is 0 Å². The Morgan fingerprint density at radius 1 is 1.57 bits per heavy atom. The Labute approximate surface area is 92.5 Å². The molecular weight excluding hydrogens is 242 g/mol. The Kier molecular flexibility index (Phi) is 3.01. The van der Waals surface area contributed by atoms with Gasteiger partial charge in [-0.05, 0) is 41.6 Å². The lowest BCUT2D eigenvalue weighted by atomic mass is 9.80. The molecule has 76 valence electrons. The van der Waals surface area contributed by atoms with Crippen molar-refractivity contribution in [2.75, 3.05) is 5.32 Å². The summed E-state index contributed by atoms with van der Waals surface area (Å²) in [5, 5.41) is 3.41. The van der Waals surface area contributed by atoms with Gasteiger partial charge in [0.25, 0.3) is 0 Å². The molecule has 1 unspecified atom stereocenters. The lowest BCUT2D eigenvalue weighted by Crippen LogP contribution is -2.31. The lowest BCUT2D eigenvalue weighted by Gasteiger charge is -2.32. The van der Waals surface area contributed by atoms with Gasteiger partial charge in [0.1, 0.15) is 12.1 Å². The molecular formula is C10H14BrN3. The highest BCUT2D eigenvalue weighted by Crippen LogP contribution is 2.31. The maximum atomic E-state index is 4.19. The van der Waals surface area contributed by atoms with Crippen molar-refractivity contribution in [2.24, 2.45) is 5.92 Å². The number of aromatic nitrogens is 2. The van der Waals surface area contributed by atoms with Crippen molar-refractivity contribution in [2.45, 2.75) is 32.2 Å². The summed E-state index contributed by atoms with van der Waals surface area (Å²) >= 11 is 3.43.